The van der Waals surface area contributed by atoms with Crippen LogP contribution >= 0.6 is 0 Å². The Morgan fingerprint density at radius 3 is 2.09 bits per heavy atom. The lowest BCUT2D eigenvalue weighted by Crippen LogP contribution is -2.48. The minimum Gasteiger partial charge on any atom is -0.390 e. The summed E-state index contributed by atoms with van der Waals surface area (Å²) in [5.74, 6) is 1.29. The third-order valence-electron chi connectivity index (χ3n) is 3.15. The van der Waals surface area contributed by atoms with Gasteiger partial charge in [0.2, 0.25) is 0 Å². The van der Waals surface area contributed by atoms with Crippen molar-refractivity contribution in [2.45, 2.75) is 52.1 Å². The van der Waals surface area contributed by atoms with Gasteiger partial charge in [0.25, 0.3) is 0 Å². The molecule has 11 heavy (non-hydrogen) atoms. The van der Waals surface area contributed by atoms with Crippen molar-refractivity contribution < 1.29 is 5.11 Å². The normalized spacial score (nSPS) is 37.4. The van der Waals surface area contributed by atoms with E-state index in [0.717, 1.165) is 31.6 Å². The lowest BCUT2D eigenvalue weighted by molar-refractivity contribution is -0.115. The van der Waals surface area contributed by atoms with Crippen LogP contribution in [0.1, 0.15) is 46.5 Å². The van der Waals surface area contributed by atoms with E-state index >= 15 is 0 Å². The van der Waals surface area contributed by atoms with E-state index in [1.165, 1.54) is 0 Å². The molecule has 1 saturated carbocycles. The molecule has 0 aromatic rings. The largest absolute Gasteiger partial charge is 0.390 e. The minimum absolute atomic E-state index is 0.289. The van der Waals surface area contributed by atoms with E-state index in [4.69, 9.17) is 0 Å². The van der Waals surface area contributed by atoms with E-state index in [2.05, 4.69) is 20.8 Å². The molecule has 1 N–H and O–H groups in total. The number of aliphatic hydroxyl groups is 1. The zero-order valence-electron chi connectivity index (χ0n) is 7.93. The molecule has 0 amide bonds. The van der Waals surface area contributed by atoms with E-state index in [9.17, 15) is 5.11 Å². The first-order valence-corrected chi connectivity index (χ1v) is 4.84. The maximum atomic E-state index is 10.0. The molecule has 1 aliphatic rings. The number of hydrogen-bond donors (Lipinski definition) is 1. The fourth-order valence-electron chi connectivity index (χ4n) is 2.53. The van der Waals surface area contributed by atoms with Crippen molar-refractivity contribution >= 4 is 0 Å². The smallest absolute Gasteiger partial charge is 0.0680 e. The van der Waals surface area contributed by atoms with Gasteiger partial charge in [-0.1, -0.05) is 33.6 Å². The van der Waals surface area contributed by atoms with Gasteiger partial charge in [-0.2, -0.15) is 0 Å². The van der Waals surface area contributed by atoms with E-state index in [0.29, 0.717) is 5.92 Å². The van der Waals surface area contributed by atoms with E-state index in [1.807, 2.05) is 0 Å². The minimum atomic E-state index is -0.289. The second kappa shape index (κ2) is 3.14. The zero-order valence-corrected chi connectivity index (χ0v) is 7.93. The highest BCUT2D eigenvalue weighted by molar-refractivity contribution is 4.96. The lowest BCUT2D eigenvalue weighted by atomic mass is 9.64. The summed E-state index contributed by atoms with van der Waals surface area (Å²) in [6, 6.07) is 0. The van der Waals surface area contributed by atoms with Crippen LogP contribution in [0.15, 0.2) is 0 Å². The van der Waals surface area contributed by atoms with Crippen LogP contribution in [0.4, 0.5) is 0 Å². The van der Waals surface area contributed by atoms with Crippen molar-refractivity contribution in [1.29, 1.82) is 0 Å². The van der Waals surface area contributed by atoms with Gasteiger partial charge in [-0.3, -0.25) is 0 Å². The van der Waals surface area contributed by atoms with Crippen LogP contribution < -0.4 is 0 Å². The molecule has 0 aromatic carbocycles. The van der Waals surface area contributed by atoms with Crippen LogP contribution in [0, 0.1) is 11.8 Å². The Bertz CT molecular complexity index is 121. The quantitative estimate of drug-likeness (QED) is 0.666. The molecule has 0 saturated heterocycles. The van der Waals surface area contributed by atoms with Crippen LogP contribution in [-0.2, 0) is 0 Å². The fourth-order valence-corrected chi connectivity index (χ4v) is 2.53. The van der Waals surface area contributed by atoms with Gasteiger partial charge in [-0.05, 0) is 24.7 Å². The van der Waals surface area contributed by atoms with E-state index in [1.54, 1.807) is 0 Å². The first-order chi connectivity index (χ1) is 5.12. The summed E-state index contributed by atoms with van der Waals surface area (Å²) >= 11 is 0. The summed E-state index contributed by atoms with van der Waals surface area (Å²) < 4.78 is 0. The maximum absolute atomic E-state index is 10.0. The molecular formula is C10H20O. The molecule has 0 unspecified atom stereocenters. The molecule has 0 atom stereocenters. The Morgan fingerprint density at radius 2 is 1.82 bits per heavy atom. The molecule has 66 valence electrons. The van der Waals surface area contributed by atoms with Crippen molar-refractivity contribution in [3.05, 3.63) is 0 Å². The summed E-state index contributed by atoms with van der Waals surface area (Å²) in [7, 11) is 0. The van der Waals surface area contributed by atoms with Gasteiger partial charge in [0.15, 0.2) is 0 Å². The van der Waals surface area contributed by atoms with Gasteiger partial charge in [0.1, 0.15) is 0 Å². The Morgan fingerprint density at radius 1 is 1.36 bits per heavy atom. The van der Waals surface area contributed by atoms with Crippen molar-refractivity contribution in [1.82, 2.24) is 0 Å². The van der Waals surface area contributed by atoms with Gasteiger partial charge in [-0.15, -0.1) is 0 Å². The molecule has 0 heterocycles. The SMILES string of the molecule is CCC(CC)C1(O)CC(C)C1. The van der Waals surface area contributed by atoms with Crippen LogP contribution in [0.2, 0.25) is 0 Å². The summed E-state index contributed by atoms with van der Waals surface area (Å²) in [5.41, 5.74) is -0.289. The molecule has 0 bridgehead atoms. The van der Waals surface area contributed by atoms with Crippen LogP contribution in [0.25, 0.3) is 0 Å². The van der Waals surface area contributed by atoms with Gasteiger partial charge in [0, 0.05) is 0 Å². The van der Waals surface area contributed by atoms with Crippen LogP contribution in [0.5, 0.6) is 0 Å². The van der Waals surface area contributed by atoms with Crippen LogP contribution in [0.3, 0.4) is 0 Å². The second-order valence-corrected chi connectivity index (χ2v) is 4.13. The molecule has 1 aliphatic carbocycles. The van der Waals surface area contributed by atoms with Gasteiger partial charge < -0.3 is 5.11 Å². The molecule has 0 spiro atoms. The highest BCUT2D eigenvalue weighted by atomic mass is 16.3. The Kier molecular flexibility index (Phi) is 2.58. The fraction of sp³-hybridized carbons (Fsp3) is 1.00. The molecule has 0 aromatic heterocycles. The Labute approximate surface area is 69.8 Å². The number of rotatable bonds is 3. The maximum Gasteiger partial charge on any atom is 0.0680 e. The predicted molar refractivity (Wildman–Crippen MR) is 47.4 cm³/mol. The average molecular weight is 156 g/mol. The van der Waals surface area contributed by atoms with Gasteiger partial charge in [-0.25, -0.2) is 0 Å². The highest BCUT2D eigenvalue weighted by Gasteiger charge is 2.44. The van der Waals surface area contributed by atoms with Crippen molar-refractivity contribution in [3.8, 4) is 0 Å². The van der Waals surface area contributed by atoms with E-state index < -0.39 is 0 Å². The summed E-state index contributed by atoms with van der Waals surface area (Å²) in [4.78, 5) is 0. The standard InChI is InChI=1S/C10H20O/c1-4-9(5-2)10(11)6-8(3)7-10/h8-9,11H,4-7H2,1-3H3. The van der Waals surface area contributed by atoms with E-state index in [-0.39, 0.29) is 5.60 Å². The first kappa shape index (κ1) is 9.05. The molecule has 1 heteroatoms. The second-order valence-electron chi connectivity index (χ2n) is 4.13. The highest BCUT2D eigenvalue weighted by Crippen LogP contribution is 2.44. The summed E-state index contributed by atoms with van der Waals surface area (Å²) in [6.45, 7) is 6.57. The molecule has 1 rings (SSSR count). The molecular weight excluding hydrogens is 136 g/mol. The van der Waals surface area contributed by atoms with Gasteiger partial charge >= 0.3 is 0 Å². The number of hydrogen-bond acceptors (Lipinski definition) is 1. The molecule has 0 radical (unpaired) electrons. The summed E-state index contributed by atoms with van der Waals surface area (Å²) in [5, 5.41) is 10.0. The van der Waals surface area contributed by atoms with Crippen molar-refractivity contribution in [2.24, 2.45) is 11.8 Å². The predicted octanol–water partition coefficient (Wildman–Crippen LogP) is 2.58. The average Bonchev–Trinajstić information content (AvgIpc) is 1.87. The van der Waals surface area contributed by atoms with Gasteiger partial charge in [0.05, 0.1) is 5.60 Å². The Balaban J connectivity index is 2.44. The topological polar surface area (TPSA) is 20.2 Å². The molecule has 1 fully saturated rings. The lowest BCUT2D eigenvalue weighted by Gasteiger charge is -2.47. The van der Waals surface area contributed by atoms with Crippen molar-refractivity contribution in [2.75, 3.05) is 0 Å². The molecule has 1 nitrogen and oxygen atoms in total. The van der Waals surface area contributed by atoms with Crippen LogP contribution in [-0.4, -0.2) is 10.7 Å². The zero-order chi connectivity index (χ0) is 8.48. The monoisotopic (exact) mass is 156 g/mol. The van der Waals surface area contributed by atoms with Crippen molar-refractivity contribution in [3.63, 3.8) is 0 Å². The third-order valence-corrected chi connectivity index (χ3v) is 3.15. The first-order valence-electron chi connectivity index (χ1n) is 4.84. The third kappa shape index (κ3) is 1.58. The molecule has 0 aliphatic heterocycles. The Hall–Kier alpha value is -0.0400. The summed E-state index contributed by atoms with van der Waals surface area (Å²) in [6.07, 6.45) is 4.30.